The van der Waals surface area contributed by atoms with Gasteiger partial charge in [0.1, 0.15) is 0 Å². The molecule has 0 atom stereocenters. The monoisotopic (exact) mass is 423 g/mol. The van der Waals surface area contributed by atoms with Crippen molar-refractivity contribution in [1.29, 1.82) is 0 Å². The molecular weight excluding hydrogens is 386 g/mol. The van der Waals surface area contributed by atoms with Crippen LogP contribution in [0.2, 0.25) is 0 Å². The molecule has 0 fully saturated rings. The Labute approximate surface area is 192 Å². The lowest BCUT2D eigenvalue weighted by atomic mass is 9.73. The van der Waals surface area contributed by atoms with Crippen molar-refractivity contribution in [2.24, 2.45) is 0 Å². The van der Waals surface area contributed by atoms with Crippen molar-refractivity contribution in [2.45, 2.75) is 86.5 Å². The standard InChI is InChI=1S/C31H37N/c1-16-11-20-12-23-24(13-21(20)17(16)2)29(31(8,9)10)26-15-27-22(18(3)19(4)32-27)14-25(26)28(23)30(5,6)7/h12-15,32H,11H2,1-10H3. The van der Waals surface area contributed by atoms with Crippen LogP contribution in [-0.2, 0) is 17.3 Å². The van der Waals surface area contributed by atoms with Crippen molar-refractivity contribution in [3.8, 4) is 0 Å². The first kappa shape index (κ1) is 21.3. The summed E-state index contributed by atoms with van der Waals surface area (Å²) in [6.45, 7) is 23.2. The summed E-state index contributed by atoms with van der Waals surface area (Å²) < 4.78 is 0. The van der Waals surface area contributed by atoms with Gasteiger partial charge in [0.25, 0.3) is 0 Å². The molecule has 1 heteroatoms. The van der Waals surface area contributed by atoms with E-state index in [1.165, 1.54) is 77.1 Å². The smallest absolute Gasteiger partial charge is 0.0465 e. The van der Waals surface area contributed by atoms with E-state index in [0.717, 1.165) is 6.42 Å². The summed E-state index contributed by atoms with van der Waals surface area (Å²) >= 11 is 0. The Kier molecular flexibility index (Phi) is 4.33. The number of allylic oxidation sites excluding steroid dienone is 2. The van der Waals surface area contributed by atoms with E-state index >= 15 is 0 Å². The van der Waals surface area contributed by atoms with Gasteiger partial charge >= 0.3 is 0 Å². The Morgan fingerprint density at radius 3 is 1.78 bits per heavy atom. The summed E-state index contributed by atoms with van der Waals surface area (Å²) in [7, 11) is 0. The maximum Gasteiger partial charge on any atom is 0.0465 e. The molecule has 1 aliphatic rings. The number of H-pyrrole nitrogens is 1. The minimum atomic E-state index is 0.0385. The summed E-state index contributed by atoms with van der Waals surface area (Å²) in [5.41, 5.74) is 12.8. The van der Waals surface area contributed by atoms with E-state index in [2.05, 4.69) is 98.5 Å². The van der Waals surface area contributed by atoms with Crippen LogP contribution in [0.5, 0.6) is 0 Å². The molecular formula is C31H37N. The molecule has 0 saturated heterocycles. The van der Waals surface area contributed by atoms with Gasteiger partial charge in [0, 0.05) is 16.6 Å². The van der Waals surface area contributed by atoms with Crippen molar-refractivity contribution in [3.63, 3.8) is 0 Å². The van der Waals surface area contributed by atoms with Gasteiger partial charge in [-0.3, -0.25) is 0 Å². The highest BCUT2D eigenvalue weighted by Gasteiger charge is 2.29. The number of nitrogens with one attached hydrogen (secondary N) is 1. The van der Waals surface area contributed by atoms with Crippen molar-refractivity contribution < 1.29 is 0 Å². The highest BCUT2D eigenvalue weighted by Crippen LogP contribution is 2.47. The maximum atomic E-state index is 3.65. The zero-order valence-electron chi connectivity index (χ0n) is 21.5. The number of fused-ring (bicyclic) bond motifs is 4. The van der Waals surface area contributed by atoms with Crippen LogP contribution in [0.3, 0.4) is 0 Å². The molecule has 4 aromatic rings. The topological polar surface area (TPSA) is 15.8 Å². The Bertz CT molecular complexity index is 1470. The van der Waals surface area contributed by atoms with E-state index in [4.69, 9.17) is 0 Å². The molecule has 3 aromatic carbocycles. The fraction of sp³-hybridized carbons (Fsp3) is 0.419. The Morgan fingerprint density at radius 2 is 1.19 bits per heavy atom. The molecule has 32 heavy (non-hydrogen) atoms. The molecule has 1 nitrogen and oxygen atoms in total. The van der Waals surface area contributed by atoms with Gasteiger partial charge in [-0.25, -0.2) is 0 Å². The highest BCUT2D eigenvalue weighted by atomic mass is 14.7. The van der Waals surface area contributed by atoms with Crippen molar-refractivity contribution in [3.05, 3.63) is 63.3 Å². The zero-order chi connectivity index (χ0) is 23.3. The predicted octanol–water partition coefficient (Wildman–Crippen LogP) is 9.04. The van der Waals surface area contributed by atoms with E-state index < -0.39 is 0 Å². The fourth-order valence-corrected chi connectivity index (χ4v) is 6.03. The number of hydrogen-bond donors (Lipinski definition) is 1. The second kappa shape index (κ2) is 6.50. The third-order valence-electron chi connectivity index (χ3n) is 7.77. The first-order chi connectivity index (χ1) is 14.8. The lowest BCUT2D eigenvalue weighted by Crippen LogP contribution is -2.18. The van der Waals surface area contributed by atoms with E-state index in [1.807, 2.05) is 0 Å². The van der Waals surface area contributed by atoms with E-state index in [9.17, 15) is 0 Å². The molecule has 1 aromatic heterocycles. The van der Waals surface area contributed by atoms with Crippen molar-refractivity contribution >= 4 is 38.0 Å². The van der Waals surface area contributed by atoms with Crippen molar-refractivity contribution in [1.82, 2.24) is 4.98 Å². The van der Waals surface area contributed by atoms with Gasteiger partial charge in [0.2, 0.25) is 0 Å². The van der Waals surface area contributed by atoms with Crippen molar-refractivity contribution in [2.75, 3.05) is 0 Å². The van der Waals surface area contributed by atoms with Crippen LogP contribution in [0.15, 0.2) is 29.8 Å². The average molecular weight is 424 g/mol. The Hall–Kier alpha value is -2.54. The number of aryl methyl sites for hydroxylation is 2. The van der Waals surface area contributed by atoms with Crippen LogP contribution in [0.1, 0.15) is 88.9 Å². The molecule has 0 saturated carbocycles. The van der Waals surface area contributed by atoms with E-state index in [1.54, 1.807) is 0 Å². The van der Waals surface area contributed by atoms with Crippen LogP contribution in [-0.4, -0.2) is 4.98 Å². The van der Waals surface area contributed by atoms with Crippen LogP contribution >= 0.6 is 0 Å². The van der Waals surface area contributed by atoms with Crippen LogP contribution < -0.4 is 0 Å². The van der Waals surface area contributed by atoms with Crippen LogP contribution in [0.25, 0.3) is 38.0 Å². The van der Waals surface area contributed by atoms with Gasteiger partial charge in [-0.1, -0.05) is 47.1 Å². The van der Waals surface area contributed by atoms with E-state index in [-0.39, 0.29) is 10.8 Å². The number of rotatable bonds is 0. The number of aromatic amines is 1. The Morgan fingerprint density at radius 1 is 0.656 bits per heavy atom. The summed E-state index contributed by atoms with van der Waals surface area (Å²) in [6, 6.07) is 9.95. The SMILES string of the molecule is CC1=C(C)c2cc3c(C(C)(C)C)c4cc5[nH]c(C)c(C)c5cc4c(C(C)(C)C)c3cc2C1. The molecule has 0 unspecified atom stereocenters. The number of aromatic nitrogens is 1. The molecule has 0 spiro atoms. The second-order valence-electron chi connectivity index (χ2n) is 12.2. The maximum absolute atomic E-state index is 3.65. The second-order valence-corrected chi connectivity index (χ2v) is 12.2. The lowest BCUT2D eigenvalue weighted by molar-refractivity contribution is 0.593. The predicted molar refractivity (Wildman–Crippen MR) is 142 cm³/mol. The molecule has 1 N–H and O–H groups in total. The first-order valence-electron chi connectivity index (χ1n) is 12.0. The lowest BCUT2D eigenvalue weighted by Gasteiger charge is -2.31. The molecule has 0 aliphatic heterocycles. The van der Waals surface area contributed by atoms with Crippen LogP contribution in [0.4, 0.5) is 0 Å². The molecule has 0 bridgehead atoms. The van der Waals surface area contributed by atoms with Gasteiger partial charge in [0.15, 0.2) is 0 Å². The minimum absolute atomic E-state index is 0.0385. The quantitative estimate of drug-likeness (QED) is 0.271. The van der Waals surface area contributed by atoms with Gasteiger partial charge in [0.05, 0.1) is 0 Å². The molecule has 1 aliphatic carbocycles. The summed E-state index contributed by atoms with van der Waals surface area (Å²) in [4.78, 5) is 3.65. The zero-order valence-corrected chi connectivity index (χ0v) is 21.5. The highest BCUT2D eigenvalue weighted by molar-refractivity contribution is 6.12. The van der Waals surface area contributed by atoms with Gasteiger partial charge in [-0.05, 0) is 124 Å². The fourth-order valence-electron chi connectivity index (χ4n) is 6.03. The number of hydrogen-bond acceptors (Lipinski definition) is 0. The summed E-state index contributed by atoms with van der Waals surface area (Å²) in [5, 5.41) is 7.06. The normalized spacial score (nSPS) is 14.9. The Balaban J connectivity index is 2.09. The molecule has 0 radical (unpaired) electrons. The van der Waals surface area contributed by atoms with Gasteiger partial charge < -0.3 is 4.98 Å². The third-order valence-corrected chi connectivity index (χ3v) is 7.77. The average Bonchev–Trinajstić information content (AvgIpc) is 3.09. The van der Waals surface area contributed by atoms with E-state index in [0.29, 0.717) is 0 Å². The van der Waals surface area contributed by atoms with Crippen LogP contribution in [0, 0.1) is 13.8 Å². The largest absolute Gasteiger partial charge is 0.358 e. The molecule has 166 valence electrons. The minimum Gasteiger partial charge on any atom is -0.358 e. The van der Waals surface area contributed by atoms with Gasteiger partial charge in [-0.15, -0.1) is 0 Å². The molecule has 0 amide bonds. The molecule has 1 heterocycles. The molecule has 5 rings (SSSR count). The first-order valence-corrected chi connectivity index (χ1v) is 12.0. The summed E-state index contributed by atoms with van der Waals surface area (Å²) in [6.07, 6.45) is 1.08. The number of benzene rings is 3. The summed E-state index contributed by atoms with van der Waals surface area (Å²) in [5.74, 6) is 0. The third kappa shape index (κ3) is 2.90. The van der Waals surface area contributed by atoms with Gasteiger partial charge in [-0.2, -0.15) is 0 Å².